The molecule has 0 aliphatic heterocycles. The molecule has 0 aromatic heterocycles. The number of carbonyl (C=O) groups is 1. The molecule has 1 aliphatic carbocycles. The Morgan fingerprint density at radius 3 is 2.22 bits per heavy atom. The number of rotatable bonds is 9. The van der Waals surface area contributed by atoms with Crippen molar-refractivity contribution in [1.29, 1.82) is 0 Å². The van der Waals surface area contributed by atoms with Gasteiger partial charge in [-0.1, -0.05) is 69.2 Å². The fourth-order valence-corrected chi connectivity index (χ4v) is 5.24. The van der Waals surface area contributed by atoms with Crippen LogP contribution in [-0.4, -0.2) is 5.97 Å². The summed E-state index contributed by atoms with van der Waals surface area (Å²) in [6.07, 6.45) is 6.67. The third kappa shape index (κ3) is 6.44. The molecule has 0 radical (unpaired) electrons. The Hall–Kier alpha value is -3.08. The van der Waals surface area contributed by atoms with Crippen LogP contribution < -0.4 is 4.74 Å². The molecule has 0 unspecified atom stereocenters. The molecular formula is C32H35F3O2. The molecule has 0 bridgehead atoms. The van der Waals surface area contributed by atoms with Crippen molar-refractivity contribution in [2.24, 2.45) is 5.92 Å². The summed E-state index contributed by atoms with van der Waals surface area (Å²) in [4.78, 5) is 12.7. The first-order valence-corrected chi connectivity index (χ1v) is 13.5. The summed E-state index contributed by atoms with van der Waals surface area (Å²) >= 11 is 0. The van der Waals surface area contributed by atoms with Gasteiger partial charge in [0.05, 0.1) is 5.92 Å². The fraction of sp³-hybridized carbons (Fsp3) is 0.406. The maximum Gasteiger partial charge on any atom is 0.314 e. The van der Waals surface area contributed by atoms with Gasteiger partial charge in [-0.2, -0.15) is 0 Å². The molecule has 0 N–H and O–H groups in total. The van der Waals surface area contributed by atoms with Crippen LogP contribution in [-0.2, 0) is 17.6 Å². The van der Waals surface area contributed by atoms with Gasteiger partial charge in [-0.05, 0) is 79.2 Å². The summed E-state index contributed by atoms with van der Waals surface area (Å²) in [5, 5.41) is 0. The van der Waals surface area contributed by atoms with Gasteiger partial charge in [0.1, 0.15) is 11.6 Å². The molecule has 37 heavy (non-hydrogen) atoms. The maximum atomic E-state index is 15.1. The largest absolute Gasteiger partial charge is 0.426 e. The Morgan fingerprint density at radius 2 is 1.57 bits per heavy atom. The van der Waals surface area contributed by atoms with E-state index in [0.29, 0.717) is 48.8 Å². The SMILES string of the molecule is CCCCc1ccc(OC(=O)C2CCC(c3ccc(-c4ccc(CCC)cc4)c(F)c3F)CC2)cc1F. The minimum Gasteiger partial charge on any atom is -0.426 e. The van der Waals surface area contributed by atoms with Gasteiger partial charge < -0.3 is 4.74 Å². The molecule has 1 fully saturated rings. The van der Waals surface area contributed by atoms with E-state index in [1.165, 1.54) is 11.6 Å². The van der Waals surface area contributed by atoms with Crippen LogP contribution in [0.3, 0.4) is 0 Å². The third-order valence-corrected chi connectivity index (χ3v) is 7.46. The predicted molar refractivity (Wildman–Crippen MR) is 141 cm³/mol. The average Bonchev–Trinajstić information content (AvgIpc) is 2.91. The standard InChI is InChI=1S/C32H35F3O2/c1-3-5-7-24-16-17-26(20-29(24)33)37-32(36)25-14-12-23(13-15-25)28-19-18-27(30(34)31(28)35)22-10-8-21(6-4-2)9-11-22/h8-11,16-20,23,25H,3-7,12-15H2,1-2H3. The van der Waals surface area contributed by atoms with Gasteiger partial charge in [0.15, 0.2) is 11.6 Å². The zero-order chi connectivity index (χ0) is 26.4. The molecule has 3 aromatic rings. The Labute approximate surface area is 217 Å². The molecule has 0 atom stereocenters. The summed E-state index contributed by atoms with van der Waals surface area (Å²) in [6, 6.07) is 15.5. The first-order valence-electron chi connectivity index (χ1n) is 13.5. The van der Waals surface area contributed by atoms with Crippen LogP contribution in [0, 0.1) is 23.4 Å². The number of halogens is 3. The van der Waals surface area contributed by atoms with Crippen molar-refractivity contribution < 1.29 is 22.7 Å². The fourth-order valence-electron chi connectivity index (χ4n) is 5.24. The molecule has 5 heteroatoms. The van der Waals surface area contributed by atoms with E-state index in [1.807, 2.05) is 24.3 Å². The summed E-state index contributed by atoms with van der Waals surface area (Å²) in [7, 11) is 0. The van der Waals surface area contributed by atoms with Crippen LogP contribution in [0.4, 0.5) is 13.2 Å². The van der Waals surface area contributed by atoms with Gasteiger partial charge in [-0.15, -0.1) is 0 Å². The van der Waals surface area contributed by atoms with Crippen LogP contribution in [0.1, 0.15) is 81.4 Å². The number of aryl methyl sites for hydroxylation is 2. The topological polar surface area (TPSA) is 26.3 Å². The molecule has 1 saturated carbocycles. The molecule has 0 heterocycles. The number of benzene rings is 3. The molecule has 196 valence electrons. The Kier molecular flexibility index (Phi) is 9.07. The smallest absolute Gasteiger partial charge is 0.314 e. The first-order chi connectivity index (χ1) is 17.9. The summed E-state index contributed by atoms with van der Waals surface area (Å²) in [5.74, 6) is -2.68. The second-order valence-corrected chi connectivity index (χ2v) is 10.1. The summed E-state index contributed by atoms with van der Waals surface area (Å²) in [6.45, 7) is 4.15. The molecule has 2 nitrogen and oxygen atoms in total. The van der Waals surface area contributed by atoms with Crippen molar-refractivity contribution in [2.45, 2.75) is 77.6 Å². The van der Waals surface area contributed by atoms with E-state index in [0.717, 1.165) is 25.7 Å². The molecule has 4 rings (SSSR count). The van der Waals surface area contributed by atoms with Crippen molar-refractivity contribution in [2.75, 3.05) is 0 Å². The highest BCUT2D eigenvalue weighted by Crippen LogP contribution is 2.39. The quantitative estimate of drug-likeness (QED) is 0.213. The van der Waals surface area contributed by atoms with Gasteiger partial charge in [-0.3, -0.25) is 4.79 Å². The van der Waals surface area contributed by atoms with Gasteiger partial charge in [-0.25, -0.2) is 13.2 Å². The molecule has 1 aliphatic rings. The minimum atomic E-state index is -0.827. The molecule has 0 saturated heterocycles. The van der Waals surface area contributed by atoms with E-state index >= 15 is 8.78 Å². The number of hydrogen-bond acceptors (Lipinski definition) is 2. The second kappa shape index (κ2) is 12.4. The number of carbonyl (C=O) groups excluding carboxylic acids is 1. The lowest BCUT2D eigenvalue weighted by molar-refractivity contribution is -0.140. The number of ether oxygens (including phenoxy) is 1. The van der Waals surface area contributed by atoms with E-state index < -0.39 is 17.6 Å². The van der Waals surface area contributed by atoms with Gasteiger partial charge in [0, 0.05) is 11.6 Å². The van der Waals surface area contributed by atoms with Crippen molar-refractivity contribution >= 4 is 5.97 Å². The number of hydrogen-bond donors (Lipinski definition) is 0. The van der Waals surface area contributed by atoms with Crippen LogP contribution in [0.5, 0.6) is 5.75 Å². The normalized spacial score (nSPS) is 17.5. The molecule has 3 aromatic carbocycles. The lowest BCUT2D eigenvalue weighted by Crippen LogP contribution is -2.25. The van der Waals surface area contributed by atoms with E-state index in [-0.39, 0.29) is 29.0 Å². The van der Waals surface area contributed by atoms with E-state index in [9.17, 15) is 9.18 Å². The summed E-state index contributed by atoms with van der Waals surface area (Å²) in [5.41, 5.74) is 3.07. The third-order valence-electron chi connectivity index (χ3n) is 7.46. The monoisotopic (exact) mass is 508 g/mol. The highest BCUT2D eigenvalue weighted by atomic mass is 19.2. The first kappa shape index (κ1) is 27.0. The average molecular weight is 509 g/mol. The zero-order valence-electron chi connectivity index (χ0n) is 21.7. The molecular weight excluding hydrogens is 473 g/mol. The molecule has 0 spiro atoms. The lowest BCUT2D eigenvalue weighted by atomic mass is 9.78. The highest BCUT2D eigenvalue weighted by Gasteiger charge is 2.31. The van der Waals surface area contributed by atoms with Gasteiger partial charge >= 0.3 is 5.97 Å². The van der Waals surface area contributed by atoms with Crippen LogP contribution in [0.15, 0.2) is 54.6 Å². The number of esters is 1. The predicted octanol–water partition coefficient (Wildman–Crippen LogP) is 8.95. The second-order valence-electron chi connectivity index (χ2n) is 10.1. The zero-order valence-corrected chi connectivity index (χ0v) is 21.7. The molecule has 0 amide bonds. The van der Waals surface area contributed by atoms with Gasteiger partial charge in [0.25, 0.3) is 0 Å². The van der Waals surface area contributed by atoms with Crippen LogP contribution >= 0.6 is 0 Å². The Bertz CT molecular complexity index is 1210. The van der Waals surface area contributed by atoms with E-state index in [1.54, 1.807) is 24.3 Å². The van der Waals surface area contributed by atoms with Crippen molar-refractivity contribution in [1.82, 2.24) is 0 Å². The van der Waals surface area contributed by atoms with E-state index in [4.69, 9.17) is 4.74 Å². The summed E-state index contributed by atoms with van der Waals surface area (Å²) < 4.78 is 49.9. The van der Waals surface area contributed by atoms with Crippen molar-refractivity contribution in [3.05, 3.63) is 88.7 Å². The number of unbranched alkanes of at least 4 members (excludes halogenated alkanes) is 1. The van der Waals surface area contributed by atoms with Gasteiger partial charge in [0.2, 0.25) is 0 Å². The maximum absolute atomic E-state index is 15.1. The Balaban J connectivity index is 1.37. The van der Waals surface area contributed by atoms with Crippen molar-refractivity contribution in [3.8, 4) is 16.9 Å². The van der Waals surface area contributed by atoms with E-state index in [2.05, 4.69) is 13.8 Å². The van der Waals surface area contributed by atoms with Crippen molar-refractivity contribution in [3.63, 3.8) is 0 Å². The lowest BCUT2D eigenvalue weighted by Gasteiger charge is -2.28. The van der Waals surface area contributed by atoms with Crippen LogP contribution in [0.2, 0.25) is 0 Å². The Morgan fingerprint density at radius 1 is 0.838 bits per heavy atom. The highest BCUT2D eigenvalue weighted by molar-refractivity contribution is 5.75. The minimum absolute atomic E-state index is 0.158. The van der Waals surface area contributed by atoms with Crippen LogP contribution in [0.25, 0.3) is 11.1 Å².